The molecular formula is C15H18F3NO3S. The Morgan fingerprint density at radius 2 is 1.78 bits per heavy atom. The number of aliphatic hydroxyl groups excluding tert-OH is 1. The van der Waals surface area contributed by atoms with Gasteiger partial charge in [0.15, 0.2) is 0 Å². The van der Waals surface area contributed by atoms with Crippen molar-refractivity contribution in [2.75, 3.05) is 6.54 Å². The molecule has 1 heterocycles. The molecule has 0 amide bonds. The molecule has 8 heteroatoms. The van der Waals surface area contributed by atoms with Crippen molar-refractivity contribution in [1.29, 1.82) is 0 Å². The summed E-state index contributed by atoms with van der Waals surface area (Å²) in [5.41, 5.74) is -0.300. The topological polar surface area (TPSA) is 57.6 Å². The van der Waals surface area contributed by atoms with Crippen LogP contribution in [0.15, 0.2) is 24.3 Å². The second-order valence-electron chi connectivity index (χ2n) is 6.55. The number of halogens is 3. The predicted molar refractivity (Wildman–Crippen MR) is 78.1 cm³/mol. The SMILES string of the molecule is CC1(S(=O)(=O)N2CC(O)CC2c2ccc(C(F)(F)F)cc2)CC1. The summed E-state index contributed by atoms with van der Waals surface area (Å²) in [5.74, 6) is 0. The minimum absolute atomic E-state index is 0.0103. The Balaban J connectivity index is 1.91. The molecule has 2 fully saturated rings. The maximum absolute atomic E-state index is 12.7. The lowest BCUT2D eigenvalue weighted by molar-refractivity contribution is -0.137. The third-order valence-electron chi connectivity index (χ3n) is 4.74. The molecule has 1 aromatic rings. The van der Waals surface area contributed by atoms with Crippen LogP contribution in [0.4, 0.5) is 13.2 Å². The van der Waals surface area contributed by atoms with Crippen LogP contribution in [0, 0.1) is 0 Å². The summed E-state index contributed by atoms with van der Waals surface area (Å²) in [5, 5.41) is 9.88. The van der Waals surface area contributed by atoms with Gasteiger partial charge in [-0.15, -0.1) is 0 Å². The highest BCUT2D eigenvalue weighted by molar-refractivity contribution is 7.90. The highest BCUT2D eigenvalue weighted by atomic mass is 32.2. The third kappa shape index (κ3) is 2.88. The third-order valence-corrected chi connectivity index (χ3v) is 7.42. The molecule has 4 nitrogen and oxygen atoms in total. The maximum Gasteiger partial charge on any atom is 0.416 e. The fourth-order valence-electron chi connectivity index (χ4n) is 2.96. The number of nitrogens with zero attached hydrogens (tertiary/aromatic N) is 1. The zero-order chi connectivity index (χ0) is 17.0. The number of β-amino-alcohol motifs (C(OH)–C–C–N with tert-alkyl or cyclic N) is 1. The predicted octanol–water partition coefficient (Wildman–Crippen LogP) is 2.70. The second kappa shape index (κ2) is 5.19. The minimum Gasteiger partial charge on any atom is -0.392 e. The van der Waals surface area contributed by atoms with E-state index in [2.05, 4.69) is 0 Å². The number of rotatable bonds is 3. The molecule has 23 heavy (non-hydrogen) atoms. The molecule has 1 saturated carbocycles. The van der Waals surface area contributed by atoms with E-state index in [0.717, 1.165) is 12.1 Å². The van der Waals surface area contributed by atoms with Gasteiger partial charge in [-0.3, -0.25) is 0 Å². The summed E-state index contributed by atoms with van der Waals surface area (Å²) >= 11 is 0. The molecule has 1 aliphatic carbocycles. The average Bonchev–Trinajstić information content (AvgIpc) is 3.09. The van der Waals surface area contributed by atoms with Crippen molar-refractivity contribution >= 4 is 10.0 Å². The van der Waals surface area contributed by atoms with Crippen molar-refractivity contribution in [3.8, 4) is 0 Å². The molecule has 128 valence electrons. The van der Waals surface area contributed by atoms with Crippen molar-refractivity contribution in [1.82, 2.24) is 4.31 Å². The summed E-state index contributed by atoms with van der Waals surface area (Å²) < 4.78 is 63.8. The van der Waals surface area contributed by atoms with Crippen LogP contribution in [0.3, 0.4) is 0 Å². The fraction of sp³-hybridized carbons (Fsp3) is 0.600. The van der Waals surface area contributed by atoms with Gasteiger partial charge in [-0.25, -0.2) is 8.42 Å². The van der Waals surface area contributed by atoms with Crippen LogP contribution in [0.25, 0.3) is 0 Å². The number of hydrogen-bond acceptors (Lipinski definition) is 3. The van der Waals surface area contributed by atoms with E-state index in [9.17, 15) is 26.7 Å². The number of hydrogen-bond donors (Lipinski definition) is 1. The smallest absolute Gasteiger partial charge is 0.392 e. The average molecular weight is 349 g/mol. The zero-order valence-electron chi connectivity index (χ0n) is 12.5. The van der Waals surface area contributed by atoms with E-state index in [4.69, 9.17) is 0 Å². The minimum atomic E-state index is -4.43. The van der Waals surface area contributed by atoms with Gasteiger partial charge in [0.1, 0.15) is 0 Å². The van der Waals surface area contributed by atoms with Gasteiger partial charge in [0, 0.05) is 6.54 Å². The van der Waals surface area contributed by atoms with Gasteiger partial charge in [0.25, 0.3) is 0 Å². The van der Waals surface area contributed by atoms with E-state index < -0.39 is 38.7 Å². The summed E-state index contributed by atoms with van der Waals surface area (Å²) in [6.07, 6.45) is -3.90. The van der Waals surface area contributed by atoms with Gasteiger partial charge in [0.05, 0.1) is 22.5 Å². The van der Waals surface area contributed by atoms with E-state index in [1.54, 1.807) is 6.92 Å². The van der Waals surface area contributed by atoms with Crippen molar-refractivity contribution in [3.63, 3.8) is 0 Å². The molecule has 1 aromatic carbocycles. The molecule has 1 N–H and O–H groups in total. The van der Waals surface area contributed by atoms with Crippen LogP contribution in [-0.4, -0.2) is 35.2 Å². The van der Waals surface area contributed by atoms with Gasteiger partial charge in [-0.05, 0) is 43.9 Å². The largest absolute Gasteiger partial charge is 0.416 e. The van der Waals surface area contributed by atoms with Crippen molar-refractivity contribution < 1.29 is 26.7 Å². The van der Waals surface area contributed by atoms with Crippen LogP contribution >= 0.6 is 0 Å². The molecule has 2 atom stereocenters. The lowest BCUT2D eigenvalue weighted by Gasteiger charge is -2.27. The first-order valence-electron chi connectivity index (χ1n) is 7.41. The van der Waals surface area contributed by atoms with Crippen LogP contribution in [0.2, 0.25) is 0 Å². The van der Waals surface area contributed by atoms with Crippen LogP contribution < -0.4 is 0 Å². The molecule has 1 aliphatic heterocycles. The molecule has 0 spiro atoms. The van der Waals surface area contributed by atoms with Gasteiger partial charge in [0.2, 0.25) is 10.0 Å². The molecule has 2 unspecified atom stereocenters. The van der Waals surface area contributed by atoms with Gasteiger partial charge in [-0.2, -0.15) is 17.5 Å². The fourth-order valence-corrected chi connectivity index (χ4v) is 5.06. The first-order valence-corrected chi connectivity index (χ1v) is 8.85. The van der Waals surface area contributed by atoms with E-state index >= 15 is 0 Å². The van der Waals surface area contributed by atoms with Crippen molar-refractivity contribution in [2.24, 2.45) is 0 Å². The van der Waals surface area contributed by atoms with Gasteiger partial charge < -0.3 is 5.11 Å². The maximum atomic E-state index is 12.7. The van der Waals surface area contributed by atoms with Crippen LogP contribution in [0.5, 0.6) is 0 Å². The van der Waals surface area contributed by atoms with Crippen LogP contribution in [0.1, 0.15) is 43.4 Å². The van der Waals surface area contributed by atoms with E-state index in [0.29, 0.717) is 18.4 Å². The highest BCUT2D eigenvalue weighted by Crippen LogP contribution is 2.48. The molecule has 2 aliphatic rings. The summed E-state index contributed by atoms with van der Waals surface area (Å²) in [6.45, 7) is 1.65. The molecule has 0 radical (unpaired) electrons. The lowest BCUT2D eigenvalue weighted by Crippen LogP contribution is -2.39. The Kier molecular flexibility index (Phi) is 3.77. The molecule has 0 bridgehead atoms. The lowest BCUT2D eigenvalue weighted by atomic mass is 10.0. The van der Waals surface area contributed by atoms with E-state index in [1.807, 2.05) is 0 Å². The molecule has 3 rings (SSSR count). The Morgan fingerprint density at radius 3 is 2.26 bits per heavy atom. The zero-order valence-corrected chi connectivity index (χ0v) is 13.4. The van der Waals surface area contributed by atoms with Crippen molar-refractivity contribution in [3.05, 3.63) is 35.4 Å². The normalized spacial score (nSPS) is 28.0. The molecule has 0 aromatic heterocycles. The van der Waals surface area contributed by atoms with E-state index in [-0.39, 0.29) is 13.0 Å². The monoisotopic (exact) mass is 349 g/mol. The number of sulfonamides is 1. The molecule has 1 saturated heterocycles. The van der Waals surface area contributed by atoms with Gasteiger partial charge in [-0.1, -0.05) is 12.1 Å². The number of alkyl halides is 3. The van der Waals surface area contributed by atoms with Crippen molar-refractivity contribution in [2.45, 2.75) is 49.3 Å². The summed E-state index contributed by atoms with van der Waals surface area (Å²) in [7, 11) is -3.58. The highest BCUT2D eigenvalue weighted by Gasteiger charge is 2.55. The Morgan fingerprint density at radius 1 is 1.22 bits per heavy atom. The standard InChI is InChI=1S/C15H18F3NO3S/c1-14(6-7-14)23(21,22)19-9-12(20)8-13(19)10-2-4-11(5-3-10)15(16,17)18/h2-5,12-13,20H,6-9H2,1H3. The van der Waals surface area contributed by atoms with Gasteiger partial charge >= 0.3 is 6.18 Å². The summed E-state index contributed by atoms with van der Waals surface area (Å²) in [4.78, 5) is 0. The van der Waals surface area contributed by atoms with Crippen LogP contribution in [-0.2, 0) is 16.2 Å². The molecular weight excluding hydrogens is 331 g/mol. The Hall–Kier alpha value is -1.12. The Labute approximate surface area is 133 Å². The Bertz CT molecular complexity index is 696. The first-order chi connectivity index (χ1) is 10.5. The quantitative estimate of drug-likeness (QED) is 0.913. The van der Waals surface area contributed by atoms with E-state index in [1.165, 1.54) is 16.4 Å². The second-order valence-corrected chi connectivity index (χ2v) is 8.95. The summed E-state index contributed by atoms with van der Waals surface area (Å²) in [6, 6.07) is 3.87. The number of benzene rings is 1. The first kappa shape index (κ1) is 16.7. The number of aliphatic hydroxyl groups is 1.